The Labute approximate surface area is 172 Å². The van der Waals surface area contributed by atoms with E-state index in [1.54, 1.807) is 18.2 Å². The van der Waals surface area contributed by atoms with E-state index in [1.165, 1.54) is 0 Å². The number of piperidine rings is 1. The Bertz CT molecular complexity index is 881. The molecule has 0 aliphatic carbocycles. The minimum absolute atomic E-state index is 0.109. The molecule has 6 nitrogen and oxygen atoms in total. The molecule has 1 aliphatic rings. The van der Waals surface area contributed by atoms with Crippen molar-refractivity contribution in [1.82, 2.24) is 9.80 Å². The van der Waals surface area contributed by atoms with Crippen molar-refractivity contribution in [3.63, 3.8) is 0 Å². The van der Waals surface area contributed by atoms with E-state index in [-0.39, 0.29) is 17.9 Å². The number of likely N-dealkylation sites (tertiary alicyclic amines) is 1. The summed E-state index contributed by atoms with van der Waals surface area (Å²) in [5, 5.41) is 1.00. The molecule has 1 fully saturated rings. The number of nitrogens with zero attached hydrogens (tertiary/aromatic N) is 2. The van der Waals surface area contributed by atoms with Gasteiger partial charge in [0.1, 0.15) is 11.2 Å². The van der Waals surface area contributed by atoms with E-state index < -0.39 is 5.60 Å². The SMILES string of the molecule is Cc1ccc2c(CC(=O)N3CCCC(CN(C)C(=O)OC(C)(C)C)C3)coc2c1. The molecule has 1 aromatic heterocycles. The van der Waals surface area contributed by atoms with Gasteiger partial charge in [-0.05, 0) is 58.1 Å². The molecule has 2 amide bonds. The van der Waals surface area contributed by atoms with Gasteiger partial charge >= 0.3 is 6.09 Å². The van der Waals surface area contributed by atoms with Crippen LogP contribution in [0.5, 0.6) is 0 Å². The Balaban J connectivity index is 1.58. The number of benzene rings is 1. The zero-order valence-electron chi connectivity index (χ0n) is 18.2. The van der Waals surface area contributed by atoms with Crippen LogP contribution in [0.3, 0.4) is 0 Å². The summed E-state index contributed by atoms with van der Waals surface area (Å²) >= 11 is 0. The molecule has 1 aromatic carbocycles. The molecule has 0 radical (unpaired) electrons. The molecule has 0 bridgehead atoms. The van der Waals surface area contributed by atoms with Gasteiger partial charge in [0.25, 0.3) is 0 Å². The minimum Gasteiger partial charge on any atom is -0.464 e. The number of aryl methyl sites for hydroxylation is 1. The van der Waals surface area contributed by atoms with Crippen LogP contribution in [-0.4, -0.2) is 54.1 Å². The van der Waals surface area contributed by atoms with Gasteiger partial charge in [0, 0.05) is 37.6 Å². The number of furan rings is 1. The van der Waals surface area contributed by atoms with E-state index in [1.807, 2.05) is 50.8 Å². The second kappa shape index (κ2) is 8.47. The van der Waals surface area contributed by atoms with Crippen molar-refractivity contribution < 1.29 is 18.7 Å². The number of rotatable bonds is 4. The largest absolute Gasteiger partial charge is 0.464 e. The van der Waals surface area contributed by atoms with Crippen LogP contribution >= 0.6 is 0 Å². The van der Waals surface area contributed by atoms with Gasteiger partial charge in [-0.3, -0.25) is 4.79 Å². The maximum absolute atomic E-state index is 12.9. The lowest BCUT2D eigenvalue weighted by Crippen LogP contribution is -2.45. The quantitative estimate of drug-likeness (QED) is 0.764. The number of hydrogen-bond acceptors (Lipinski definition) is 4. The van der Waals surface area contributed by atoms with Crippen LogP contribution in [0.25, 0.3) is 11.0 Å². The maximum Gasteiger partial charge on any atom is 0.410 e. The van der Waals surface area contributed by atoms with E-state index in [9.17, 15) is 9.59 Å². The first kappa shape index (κ1) is 21.2. The summed E-state index contributed by atoms with van der Waals surface area (Å²) in [6, 6.07) is 6.05. The third kappa shape index (κ3) is 5.52. The second-order valence-electron chi connectivity index (χ2n) is 9.15. The average Bonchev–Trinajstić information content (AvgIpc) is 3.02. The Hall–Kier alpha value is -2.50. The number of ether oxygens (including phenoxy) is 1. The van der Waals surface area contributed by atoms with Gasteiger partial charge in [0.2, 0.25) is 5.91 Å². The number of carbonyl (C=O) groups excluding carboxylic acids is 2. The van der Waals surface area contributed by atoms with Crippen LogP contribution in [0.15, 0.2) is 28.9 Å². The zero-order valence-corrected chi connectivity index (χ0v) is 18.2. The molecule has 2 aromatic rings. The lowest BCUT2D eigenvalue weighted by atomic mass is 9.97. The van der Waals surface area contributed by atoms with Gasteiger partial charge in [0.05, 0.1) is 12.7 Å². The normalized spacial score (nSPS) is 17.4. The highest BCUT2D eigenvalue weighted by Crippen LogP contribution is 2.24. The molecule has 1 aliphatic heterocycles. The van der Waals surface area contributed by atoms with Crippen molar-refractivity contribution in [3.05, 3.63) is 35.6 Å². The van der Waals surface area contributed by atoms with E-state index in [2.05, 4.69) is 0 Å². The average molecular weight is 401 g/mol. The topological polar surface area (TPSA) is 63.0 Å². The minimum atomic E-state index is -0.508. The Kier molecular flexibility index (Phi) is 6.20. The summed E-state index contributed by atoms with van der Waals surface area (Å²) in [7, 11) is 1.76. The first-order valence-electron chi connectivity index (χ1n) is 10.3. The Morgan fingerprint density at radius 1 is 1.31 bits per heavy atom. The molecule has 1 saturated heterocycles. The molecule has 1 unspecified atom stereocenters. The number of fused-ring (bicyclic) bond motifs is 1. The lowest BCUT2D eigenvalue weighted by molar-refractivity contribution is -0.132. The third-order valence-corrected chi connectivity index (χ3v) is 5.26. The molecule has 0 saturated carbocycles. The Morgan fingerprint density at radius 3 is 2.79 bits per heavy atom. The third-order valence-electron chi connectivity index (χ3n) is 5.26. The van der Waals surface area contributed by atoms with Gasteiger partial charge in [-0.15, -0.1) is 0 Å². The molecule has 0 N–H and O–H groups in total. The summed E-state index contributed by atoms with van der Waals surface area (Å²) in [6.45, 7) is 9.63. The van der Waals surface area contributed by atoms with Gasteiger partial charge in [-0.1, -0.05) is 12.1 Å². The maximum atomic E-state index is 12.9. The fourth-order valence-electron chi connectivity index (χ4n) is 3.84. The molecule has 3 rings (SSSR count). The van der Waals surface area contributed by atoms with Crippen LogP contribution in [0.1, 0.15) is 44.7 Å². The van der Waals surface area contributed by atoms with Gasteiger partial charge in [-0.25, -0.2) is 4.79 Å². The van der Waals surface area contributed by atoms with Crippen molar-refractivity contribution in [2.75, 3.05) is 26.7 Å². The van der Waals surface area contributed by atoms with Crippen LogP contribution in [0, 0.1) is 12.8 Å². The molecular formula is C23H32N2O4. The lowest BCUT2D eigenvalue weighted by Gasteiger charge is -2.35. The second-order valence-corrected chi connectivity index (χ2v) is 9.15. The summed E-state index contributed by atoms with van der Waals surface area (Å²) < 4.78 is 11.1. The molecule has 158 valence electrons. The highest BCUT2D eigenvalue weighted by molar-refractivity contribution is 5.88. The van der Waals surface area contributed by atoms with Crippen LogP contribution in [-0.2, 0) is 16.0 Å². The van der Waals surface area contributed by atoms with Crippen LogP contribution < -0.4 is 0 Å². The molecular weight excluding hydrogens is 368 g/mol. The molecule has 1 atom stereocenters. The predicted octanol–water partition coefficient (Wildman–Crippen LogP) is 4.39. The van der Waals surface area contributed by atoms with E-state index in [4.69, 9.17) is 9.15 Å². The van der Waals surface area contributed by atoms with Crippen molar-refractivity contribution in [1.29, 1.82) is 0 Å². The van der Waals surface area contributed by atoms with Gasteiger partial charge in [0.15, 0.2) is 0 Å². The summed E-state index contributed by atoms with van der Waals surface area (Å²) in [5.74, 6) is 0.367. The smallest absolute Gasteiger partial charge is 0.410 e. The first-order valence-corrected chi connectivity index (χ1v) is 10.3. The number of hydrogen-bond donors (Lipinski definition) is 0. The van der Waals surface area contributed by atoms with E-state index >= 15 is 0 Å². The highest BCUT2D eigenvalue weighted by Gasteiger charge is 2.27. The van der Waals surface area contributed by atoms with Crippen molar-refractivity contribution in [2.45, 2.75) is 52.6 Å². The molecule has 0 spiro atoms. The standard InChI is InChI=1S/C23H32N2O4/c1-16-8-9-19-18(15-28-20(19)11-16)12-21(26)25-10-6-7-17(14-25)13-24(5)22(27)29-23(2,3)4/h8-9,11,15,17H,6-7,10,12-14H2,1-5H3. The molecule has 2 heterocycles. The van der Waals surface area contributed by atoms with Crippen molar-refractivity contribution >= 4 is 23.0 Å². The highest BCUT2D eigenvalue weighted by atomic mass is 16.6. The van der Waals surface area contributed by atoms with E-state index in [0.717, 1.165) is 41.5 Å². The van der Waals surface area contributed by atoms with Crippen LogP contribution in [0.2, 0.25) is 0 Å². The van der Waals surface area contributed by atoms with Gasteiger partial charge in [-0.2, -0.15) is 0 Å². The number of carbonyl (C=O) groups is 2. The summed E-state index contributed by atoms with van der Waals surface area (Å²) in [6.07, 6.45) is 3.67. The predicted molar refractivity (Wildman–Crippen MR) is 113 cm³/mol. The first-order chi connectivity index (χ1) is 13.6. The molecule has 6 heteroatoms. The van der Waals surface area contributed by atoms with Gasteiger partial charge < -0.3 is 19.0 Å². The van der Waals surface area contributed by atoms with Crippen molar-refractivity contribution in [2.24, 2.45) is 5.92 Å². The Morgan fingerprint density at radius 2 is 2.07 bits per heavy atom. The van der Waals surface area contributed by atoms with E-state index in [0.29, 0.717) is 19.5 Å². The zero-order chi connectivity index (χ0) is 21.2. The fourth-order valence-corrected chi connectivity index (χ4v) is 3.84. The summed E-state index contributed by atoms with van der Waals surface area (Å²) in [4.78, 5) is 28.7. The molecule has 29 heavy (non-hydrogen) atoms. The van der Waals surface area contributed by atoms with Crippen LogP contribution in [0.4, 0.5) is 4.79 Å². The van der Waals surface area contributed by atoms with Crippen molar-refractivity contribution in [3.8, 4) is 0 Å². The monoisotopic (exact) mass is 400 g/mol. The fraction of sp³-hybridized carbons (Fsp3) is 0.565. The number of amides is 2. The summed E-state index contributed by atoms with van der Waals surface area (Å²) in [5.41, 5.74) is 2.38.